The largest absolute Gasteiger partial charge is 0.371 e. The molecule has 2 rings (SSSR count). The number of anilines is 2. The second kappa shape index (κ2) is 5.79. The van der Waals surface area contributed by atoms with E-state index in [-0.39, 0.29) is 5.75 Å². The molecule has 1 aromatic rings. The molecule has 0 radical (unpaired) electrons. The third-order valence-electron chi connectivity index (χ3n) is 3.32. The highest BCUT2D eigenvalue weighted by molar-refractivity contribution is 7.92. The number of nitrogens with one attached hydrogen (secondary N) is 1. The van der Waals surface area contributed by atoms with Gasteiger partial charge in [-0.25, -0.2) is 8.42 Å². The molecule has 0 saturated heterocycles. The quantitative estimate of drug-likeness (QED) is 0.815. The van der Waals surface area contributed by atoms with Crippen LogP contribution < -0.4 is 14.5 Å². The number of nitrogens with zero attached hydrogens (tertiary/aromatic N) is 2. The summed E-state index contributed by atoms with van der Waals surface area (Å²) in [5.74, 6) is 0.138. The van der Waals surface area contributed by atoms with Crippen molar-refractivity contribution < 1.29 is 8.42 Å². The number of rotatable bonds is 5. The molecule has 0 fully saturated rings. The summed E-state index contributed by atoms with van der Waals surface area (Å²) in [6.45, 7) is 4.49. The van der Waals surface area contributed by atoms with Crippen LogP contribution in [0, 0.1) is 0 Å². The summed E-state index contributed by atoms with van der Waals surface area (Å²) in [6, 6.07) is 7.64. The van der Waals surface area contributed by atoms with Crippen molar-refractivity contribution in [1.82, 2.24) is 5.32 Å². The normalized spacial score (nSPS) is 15.5. The van der Waals surface area contributed by atoms with Crippen molar-refractivity contribution in [2.45, 2.75) is 6.92 Å². The summed E-state index contributed by atoms with van der Waals surface area (Å²) >= 11 is 0. The Kier molecular flexibility index (Phi) is 4.31. The summed E-state index contributed by atoms with van der Waals surface area (Å²) in [5.41, 5.74) is 1.76. The third-order valence-corrected chi connectivity index (χ3v) is 5.09. The van der Waals surface area contributed by atoms with Crippen LogP contribution in [-0.4, -0.2) is 47.4 Å². The molecule has 1 N–H and O–H groups in total. The van der Waals surface area contributed by atoms with Crippen LogP contribution in [0.1, 0.15) is 6.92 Å². The highest BCUT2D eigenvalue weighted by Crippen LogP contribution is 2.33. The maximum Gasteiger partial charge on any atom is 0.236 e. The van der Waals surface area contributed by atoms with Gasteiger partial charge in [0.1, 0.15) is 0 Å². The Hall–Kier alpha value is -1.27. The van der Waals surface area contributed by atoms with Crippen LogP contribution in [0.25, 0.3) is 0 Å². The van der Waals surface area contributed by atoms with Gasteiger partial charge in [-0.05, 0) is 18.7 Å². The van der Waals surface area contributed by atoms with Crippen LogP contribution in [0.15, 0.2) is 24.3 Å². The molecule has 0 amide bonds. The molecule has 0 aliphatic carbocycles. The van der Waals surface area contributed by atoms with Gasteiger partial charge in [-0.1, -0.05) is 19.1 Å². The molecule has 0 atom stereocenters. The molecule has 0 spiro atoms. The van der Waals surface area contributed by atoms with Gasteiger partial charge in [-0.2, -0.15) is 0 Å². The molecule has 1 heterocycles. The zero-order valence-electron chi connectivity index (χ0n) is 11.5. The SMILES string of the molecule is CCNCCS(=O)(=O)N1CCN(C)c2ccccc21. The van der Waals surface area contributed by atoms with Crippen molar-refractivity contribution in [2.75, 3.05) is 48.2 Å². The van der Waals surface area contributed by atoms with E-state index < -0.39 is 10.0 Å². The lowest BCUT2D eigenvalue weighted by Crippen LogP contribution is -2.44. The minimum atomic E-state index is -3.25. The summed E-state index contributed by atoms with van der Waals surface area (Å²) < 4.78 is 26.3. The zero-order chi connectivity index (χ0) is 13.9. The van der Waals surface area contributed by atoms with Gasteiger partial charge in [0.15, 0.2) is 0 Å². The number of likely N-dealkylation sites (N-methyl/N-ethyl adjacent to an activating group) is 1. The number of fused-ring (bicyclic) bond motifs is 1. The molecule has 0 saturated carbocycles. The van der Waals surface area contributed by atoms with Gasteiger partial charge in [0.25, 0.3) is 0 Å². The fourth-order valence-corrected chi connectivity index (χ4v) is 3.69. The van der Waals surface area contributed by atoms with Crippen molar-refractivity contribution in [1.29, 1.82) is 0 Å². The van der Waals surface area contributed by atoms with E-state index in [1.54, 1.807) is 4.31 Å². The number of sulfonamides is 1. The van der Waals surface area contributed by atoms with Crippen LogP contribution in [0.4, 0.5) is 11.4 Å². The van der Waals surface area contributed by atoms with E-state index >= 15 is 0 Å². The van der Waals surface area contributed by atoms with Crippen molar-refractivity contribution >= 4 is 21.4 Å². The lowest BCUT2D eigenvalue weighted by atomic mass is 10.2. The number of para-hydroxylation sites is 2. The second-order valence-electron chi connectivity index (χ2n) is 4.65. The summed E-state index contributed by atoms with van der Waals surface area (Å²) in [6.07, 6.45) is 0. The first kappa shape index (κ1) is 14.1. The van der Waals surface area contributed by atoms with E-state index in [2.05, 4.69) is 10.2 Å². The maximum absolute atomic E-state index is 12.4. The van der Waals surface area contributed by atoms with Crippen LogP contribution in [0.3, 0.4) is 0 Å². The standard InChI is InChI=1S/C13H21N3O2S/c1-3-14-8-11-19(17,18)16-10-9-15(2)12-6-4-5-7-13(12)16/h4-7,14H,3,8-11H2,1-2H3. The van der Waals surface area contributed by atoms with Gasteiger partial charge >= 0.3 is 0 Å². The predicted molar refractivity (Wildman–Crippen MR) is 79.4 cm³/mol. The van der Waals surface area contributed by atoms with Gasteiger partial charge < -0.3 is 10.2 Å². The third kappa shape index (κ3) is 3.01. The molecule has 5 nitrogen and oxygen atoms in total. The summed E-state index contributed by atoms with van der Waals surface area (Å²) in [4.78, 5) is 2.09. The number of benzene rings is 1. The minimum Gasteiger partial charge on any atom is -0.371 e. The van der Waals surface area contributed by atoms with Gasteiger partial charge in [-0.15, -0.1) is 0 Å². The average molecular weight is 283 g/mol. The molecule has 1 aliphatic heterocycles. The van der Waals surface area contributed by atoms with Crippen LogP contribution >= 0.6 is 0 Å². The highest BCUT2D eigenvalue weighted by Gasteiger charge is 2.28. The molecular formula is C13H21N3O2S. The Bertz CT molecular complexity index is 530. The minimum absolute atomic E-state index is 0.138. The molecule has 19 heavy (non-hydrogen) atoms. The first-order valence-corrected chi connectivity index (χ1v) is 8.18. The van der Waals surface area contributed by atoms with E-state index in [0.29, 0.717) is 13.1 Å². The monoisotopic (exact) mass is 283 g/mol. The van der Waals surface area contributed by atoms with Crippen molar-refractivity contribution in [3.05, 3.63) is 24.3 Å². The van der Waals surface area contributed by atoms with Crippen LogP contribution in [0.5, 0.6) is 0 Å². The Labute approximate surface area is 115 Å². The van der Waals surface area contributed by atoms with Crippen LogP contribution in [-0.2, 0) is 10.0 Å². The Morgan fingerprint density at radius 2 is 1.89 bits per heavy atom. The molecule has 1 aromatic carbocycles. The first-order chi connectivity index (χ1) is 9.06. The van der Waals surface area contributed by atoms with E-state index in [1.807, 2.05) is 38.2 Å². The van der Waals surface area contributed by atoms with E-state index in [4.69, 9.17) is 0 Å². The van der Waals surface area contributed by atoms with Gasteiger partial charge in [0.05, 0.1) is 23.7 Å². The highest BCUT2D eigenvalue weighted by atomic mass is 32.2. The lowest BCUT2D eigenvalue weighted by molar-refractivity contribution is 0.585. The zero-order valence-corrected chi connectivity index (χ0v) is 12.3. The van der Waals surface area contributed by atoms with Gasteiger partial charge in [0, 0.05) is 20.1 Å². The fourth-order valence-electron chi connectivity index (χ4n) is 2.26. The smallest absolute Gasteiger partial charge is 0.236 e. The summed E-state index contributed by atoms with van der Waals surface area (Å²) in [7, 11) is -1.26. The molecule has 6 heteroatoms. The van der Waals surface area contributed by atoms with Crippen molar-refractivity contribution in [2.24, 2.45) is 0 Å². The van der Waals surface area contributed by atoms with Crippen molar-refractivity contribution in [3.8, 4) is 0 Å². The maximum atomic E-state index is 12.4. The Morgan fingerprint density at radius 3 is 2.58 bits per heavy atom. The second-order valence-corrected chi connectivity index (χ2v) is 6.66. The molecule has 0 aromatic heterocycles. The van der Waals surface area contributed by atoms with E-state index in [1.165, 1.54) is 0 Å². The topological polar surface area (TPSA) is 52.7 Å². The molecular weight excluding hydrogens is 262 g/mol. The molecule has 0 bridgehead atoms. The van der Waals surface area contributed by atoms with Gasteiger partial charge in [0.2, 0.25) is 10.0 Å². The predicted octanol–water partition coefficient (Wildman–Crippen LogP) is 0.882. The van der Waals surface area contributed by atoms with Crippen molar-refractivity contribution in [3.63, 3.8) is 0 Å². The first-order valence-electron chi connectivity index (χ1n) is 6.57. The Morgan fingerprint density at radius 1 is 1.21 bits per heavy atom. The molecule has 0 unspecified atom stereocenters. The molecule has 1 aliphatic rings. The van der Waals surface area contributed by atoms with Crippen LogP contribution in [0.2, 0.25) is 0 Å². The summed E-state index contributed by atoms with van der Waals surface area (Å²) in [5, 5.41) is 3.06. The number of hydrogen-bond donors (Lipinski definition) is 1. The number of hydrogen-bond acceptors (Lipinski definition) is 4. The fraction of sp³-hybridized carbons (Fsp3) is 0.538. The Balaban J connectivity index is 2.24. The van der Waals surface area contributed by atoms with E-state index in [0.717, 1.165) is 24.5 Å². The van der Waals surface area contributed by atoms with Gasteiger partial charge in [-0.3, -0.25) is 4.31 Å². The van der Waals surface area contributed by atoms with E-state index in [9.17, 15) is 8.42 Å². The molecule has 106 valence electrons. The average Bonchev–Trinajstić information content (AvgIpc) is 2.39. The lowest BCUT2D eigenvalue weighted by Gasteiger charge is -2.36.